The highest BCUT2D eigenvalue weighted by Gasteiger charge is 2.49. The first kappa shape index (κ1) is 15.1. The van der Waals surface area contributed by atoms with Crippen molar-refractivity contribution in [1.82, 2.24) is 14.5 Å². The number of β-lactam (4-membered cyclic amide) rings is 1. The molecule has 1 aromatic heterocycles. The Morgan fingerprint density at radius 2 is 2.39 bits per heavy atom. The topological polar surface area (TPSA) is 84.7 Å². The summed E-state index contributed by atoms with van der Waals surface area (Å²) in [5.41, 5.74) is 0.284. The summed E-state index contributed by atoms with van der Waals surface area (Å²) in [6.45, 7) is 2.21. The molecule has 2 unspecified atom stereocenters. The number of imidazole rings is 1. The van der Waals surface area contributed by atoms with Gasteiger partial charge >= 0.3 is 5.97 Å². The lowest BCUT2D eigenvalue weighted by Gasteiger charge is -2.34. The molecule has 122 valence electrons. The van der Waals surface area contributed by atoms with Crippen molar-refractivity contribution in [2.45, 2.75) is 43.2 Å². The highest BCUT2D eigenvalue weighted by molar-refractivity contribution is 8.23. The van der Waals surface area contributed by atoms with E-state index in [4.69, 9.17) is 4.74 Å². The number of carbonyl (C=O) groups excluding carboxylic acids is 2. The van der Waals surface area contributed by atoms with Gasteiger partial charge in [0.25, 0.3) is 0 Å². The van der Waals surface area contributed by atoms with Crippen LogP contribution in [0, 0.1) is 0 Å². The van der Waals surface area contributed by atoms with Crippen molar-refractivity contribution in [3.8, 4) is 0 Å². The molecule has 0 saturated carbocycles. The Hall–Kier alpha value is -1.45. The summed E-state index contributed by atoms with van der Waals surface area (Å²) < 4.78 is 7.81. The van der Waals surface area contributed by atoms with Crippen LogP contribution in [0.4, 0.5) is 0 Å². The summed E-state index contributed by atoms with van der Waals surface area (Å²) in [6, 6.07) is 0. The van der Waals surface area contributed by atoms with Gasteiger partial charge < -0.3 is 14.4 Å². The number of fused-ring (bicyclic) bond motifs is 2. The molecule has 0 spiro atoms. The highest BCUT2D eigenvalue weighted by Crippen LogP contribution is 2.52. The fourth-order valence-electron chi connectivity index (χ4n) is 2.92. The maximum Gasteiger partial charge on any atom is 0.359 e. The van der Waals surface area contributed by atoms with Crippen molar-refractivity contribution in [3.63, 3.8) is 0 Å². The molecule has 1 N–H and O–H groups in total. The van der Waals surface area contributed by atoms with Crippen LogP contribution in [0.15, 0.2) is 22.3 Å². The van der Waals surface area contributed by atoms with E-state index in [0.717, 1.165) is 23.0 Å². The minimum atomic E-state index is -1.20. The second kappa shape index (κ2) is 5.57. The molecular weight excluding hydrogens is 338 g/mol. The van der Waals surface area contributed by atoms with E-state index in [-0.39, 0.29) is 22.2 Å². The summed E-state index contributed by atoms with van der Waals surface area (Å²) in [5.74, 6) is 0.329. The molecular formula is C14H15N3O4S2. The van der Waals surface area contributed by atoms with Gasteiger partial charge in [-0.3, -0.25) is 9.69 Å². The zero-order valence-corrected chi connectivity index (χ0v) is 14.0. The van der Waals surface area contributed by atoms with Crippen molar-refractivity contribution in [3.05, 3.63) is 28.2 Å². The molecule has 4 rings (SSSR count). The van der Waals surface area contributed by atoms with Gasteiger partial charge in [-0.2, -0.15) is 0 Å². The van der Waals surface area contributed by atoms with Gasteiger partial charge in [0, 0.05) is 30.6 Å². The van der Waals surface area contributed by atoms with Gasteiger partial charge in [-0.1, -0.05) is 11.8 Å². The fraction of sp³-hybridized carbons (Fsp3) is 0.500. The molecule has 3 atom stereocenters. The lowest BCUT2D eigenvalue weighted by atomic mass is 10.2. The monoisotopic (exact) mass is 353 g/mol. The van der Waals surface area contributed by atoms with Gasteiger partial charge in [0.1, 0.15) is 5.82 Å². The average Bonchev–Trinajstić information content (AvgIpc) is 3.09. The van der Waals surface area contributed by atoms with Crippen molar-refractivity contribution in [2.75, 3.05) is 0 Å². The number of aromatic nitrogens is 2. The molecule has 1 amide bonds. The lowest BCUT2D eigenvalue weighted by molar-refractivity contribution is -0.164. The van der Waals surface area contributed by atoms with Crippen LogP contribution in [0.25, 0.3) is 0 Å². The fourth-order valence-corrected chi connectivity index (χ4v) is 6.04. The normalized spacial score (nSPS) is 26.9. The third kappa shape index (κ3) is 2.56. The summed E-state index contributed by atoms with van der Waals surface area (Å²) in [6.07, 6.45) is 3.81. The zero-order chi connectivity index (χ0) is 16.1. The summed E-state index contributed by atoms with van der Waals surface area (Å²) in [5, 5.41) is 9.55. The molecule has 23 heavy (non-hydrogen) atoms. The van der Waals surface area contributed by atoms with Crippen LogP contribution in [0.5, 0.6) is 0 Å². The third-order valence-electron chi connectivity index (χ3n) is 3.94. The Balaban J connectivity index is 1.55. The van der Waals surface area contributed by atoms with E-state index in [1.54, 1.807) is 18.0 Å². The van der Waals surface area contributed by atoms with Gasteiger partial charge in [-0.15, -0.1) is 11.8 Å². The van der Waals surface area contributed by atoms with Gasteiger partial charge in [0.15, 0.2) is 12.0 Å². The molecule has 4 heterocycles. The van der Waals surface area contributed by atoms with E-state index in [1.165, 1.54) is 23.6 Å². The molecule has 1 fully saturated rings. The van der Waals surface area contributed by atoms with E-state index in [9.17, 15) is 14.7 Å². The Kier molecular flexibility index (Phi) is 3.66. The van der Waals surface area contributed by atoms with E-state index in [0.29, 0.717) is 6.42 Å². The van der Waals surface area contributed by atoms with Crippen LogP contribution >= 0.6 is 23.5 Å². The maximum atomic E-state index is 12.3. The first-order valence-electron chi connectivity index (χ1n) is 7.31. The van der Waals surface area contributed by atoms with E-state index in [2.05, 4.69) is 9.55 Å². The number of aliphatic hydroxyl groups is 1. The smallest absolute Gasteiger partial charge is 0.359 e. The Morgan fingerprint density at radius 3 is 3.09 bits per heavy atom. The number of rotatable bonds is 4. The predicted molar refractivity (Wildman–Crippen MR) is 85.0 cm³/mol. The number of esters is 1. The second-order valence-electron chi connectivity index (χ2n) is 5.62. The third-order valence-corrected chi connectivity index (χ3v) is 6.63. The minimum Gasteiger partial charge on any atom is -0.432 e. The number of hydrogen-bond acceptors (Lipinski definition) is 7. The number of hydrogen-bond donors (Lipinski definition) is 1. The van der Waals surface area contributed by atoms with Crippen LogP contribution in [-0.4, -0.2) is 48.3 Å². The van der Waals surface area contributed by atoms with Crippen LogP contribution in [0.3, 0.4) is 0 Å². The quantitative estimate of drug-likeness (QED) is 0.489. The van der Waals surface area contributed by atoms with Crippen LogP contribution in [0.1, 0.15) is 19.2 Å². The summed E-state index contributed by atoms with van der Waals surface area (Å²) >= 11 is 3.13. The Labute approximate surface area is 141 Å². The van der Waals surface area contributed by atoms with E-state index in [1.807, 2.05) is 6.20 Å². The van der Waals surface area contributed by atoms with Gasteiger partial charge in [-0.25, -0.2) is 9.78 Å². The van der Waals surface area contributed by atoms with Crippen molar-refractivity contribution in [2.24, 2.45) is 0 Å². The number of ether oxygens (including phenoxy) is 1. The van der Waals surface area contributed by atoms with Crippen molar-refractivity contribution < 1.29 is 19.4 Å². The molecule has 0 aromatic carbocycles. The highest BCUT2D eigenvalue weighted by atomic mass is 32.2. The maximum absolute atomic E-state index is 12.3. The summed E-state index contributed by atoms with van der Waals surface area (Å²) in [7, 11) is 0. The molecule has 1 saturated heterocycles. The van der Waals surface area contributed by atoms with Gasteiger partial charge in [0.2, 0.25) is 5.91 Å². The Morgan fingerprint density at radius 1 is 1.57 bits per heavy atom. The molecule has 7 nitrogen and oxygen atoms in total. The average molecular weight is 353 g/mol. The predicted octanol–water partition coefficient (Wildman–Crippen LogP) is 0.897. The SMILES string of the molecule is CC(O)OC(=O)C1=C(SC2Cc3nccn3C2)S[C@@H]2CC(=O)N12. The van der Waals surface area contributed by atoms with Crippen molar-refractivity contribution >= 4 is 35.4 Å². The lowest BCUT2D eigenvalue weighted by Crippen LogP contribution is -2.48. The van der Waals surface area contributed by atoms with Crippen LogP contribution in [0.2, 0.25) is 0 Å². The van der Waals surface area contributed by atoms with Crippen LogP contribution in [-0.2, 0) is 27.3 Å². The molecule has 9 heteroatoms. The molecule has 0 radical (unpaired) electrons. The number of thioether (sulfide) groups is 2. The van der Waals surface area contributed by atoms with E-state index >= 15 is 0 Å². The number of nitrogens with zero attached hydrogens (tertiary/aromatic N) is 3. The molecule has 3 aliphatic rings. The van der Waals surface area contributed by atoms with E-state index < -0.39 is 12.3 Å². The Bertz CT molecular complexity index is 694. The molecule has 1 aromatic rings. The largest absolute Gasteiger partial charge is 0.432 e. The zero-order valence-electron chi connectivity index (χ0n) is 12.3. The van der Waals surface area contributed by atoms with Gasteiger partial charge in [-0.05, 0) is 6.92 Å². The molecule has 3 aliphatic heterocycles. The minimum absolute atomic E-state index is 0.0139. The molecule has 0 aliphatic carbocycles. The number of amides is 1. The number of aliphatic hydroxyl groups excluding tert-OH is 1. The van der Waals surface area contributed by atoms with Gasteiger partial charge in [0.05, 0.1) is 16.0 Å². The van der Waals surface area contributed by atoms with Crippen molar-refractivity contribution in [1.29, 1.82) is 0 Å². The van der Waals surface area contributed by atoms with Crippen LogP contribution < -0.4 is 0 Å². The number of carbonyl (C=O) groups is 2. The molecule has 0 bridgehead atoms. The first-order valence-corrected chi connectivity index (χ1v) is 9.07. The standard InChI is InChI=1S/C14H15N3O4S2/c1-7(18)21-13(20)12-14(23-11-5-10(19)17(11)12)22-8-4-9-15-2-3-16(9)6-8/h2-3,7-8,11,18H,4-6H2,1H3/t7?,8?,11-/m1/s1. The summed E-state index contributed by atoms with van der Waals surface area (Å²) in [4.78, 5) is 29.9. The first-order chi connectivity index (χ1) is 11.0. The second-order valence-corrected chi connectivity index (χ2v) is 8.38.